The first kappa shape index (κ1) is 16.2. The van der Waals surface area contributed by atoms with Gasteiger partial charge in [0.05, 0.1) is 14.2 Å². The van der Waals surface area contributed by atoms with Crippen molar-refractivity contribution >= 4 is 5.97 Å². The van der Waals surface area contributed by atoms with Crippen LogP contribution < -0.4 is 15.2 Å². The summed E-state index contributed by atoms with van der Waals surface area (Å²) in [4.78, 5) is 10.4. The quantitative estimate of drug-likeness (QED) is 0.717. The van der Waals surface area contributed by atoms with E-state index in [1.54, 1.807) is 0 Å². The van der Waals surface area contributed by atoms with Gasteiger partial charge in [0.1, 0.15) is 5.82 Å². The lowest BCUT2D eigenvalue weighted by atomic mass is 10.00. The Morgan fingerprint density at radius 2 is 1.90 bits per heavy atom. The molecule has 0 saturated carbocycles. The molecule has 0 radical (unpaired) electrons. The van der Waals surface area contributed by atoms with Crippen LogP contribution in [0.25, 0.3) is 0 Å². The van der Waals surface area contributed by atoms with E-state index in [9.17, 15) is 9.18 Å². The summed E-state index contributed by atoms with van der Waals surface area (Å²) in [5.41, 5.74) is 6.29. The third kappa shape index (κ3) is 4.38. The Kier molecular flexibility index (Phi) is 6.24. The van der Waals surface area contributed by atoms with Crippen LogP contribution in [-0.4, -0.2) is 25.3 Å². The second kappa shape index (κ2) is 7.69. The van der Waals surface area contributed by atoms with Crippen molar-refractivity contribution < 1.29 is 23.8 Å². The van der Waals surface area contributed by atoms with Crippen molar-refractivity contribution in [2.24, 2.45) is 5.73 Å². The number of unbranched alkanes of at least 4 members (excludes halogenated alkanes) is 1. The second-order valence-corrected chi connectivity index (χ2v) is 4.47. The highest BCUT2D eigenvalue weighted by Crippen LogP contribution is 2.33. The standard InChI is InChI=1S/C14H20FNO4/c1-19-12-7-9(10(15)8-13(12)20-2)11(16)5-3-4-6-14(17)18/h7-8,11H,3-6,16H2,1-2H3,(H,17,18). The molecule has 0 amide bonds. The molecule has 0 saturated heterocycles. The Bertz CT molecular complexity index is 465. The van der Waals surface area contributed by atoms with Gasteiger partial charge >= 0.3 is 5.97 Å². The largest absolute Gasteiger partial charge is 0.493 e. The molecular weight excluding hydrogens is 265 g/mol. The molecule has 5 nitrogen and oxygen atoms in total. The molecule has 0 fully saturated rings. The topological polar surface area (TPSA) is 81.8 Å². The lowest BCUT2D eigenvalue weighted by Crippen LogP contribution is -2.13. The smallest absolute Gasteiger partial charge is 0.303 e. The van der Waals surface area contributed by atoms with E-state index in [4.69, 9.17) is 20.3 Å². The molecule has 0 bridgehead atoms. The summed E-state index contributed by atoms with van der Waals surface area (Å²) in [6.45, 7) is 0. The molecule has 3 N–H and O–H groups in total. The number of hydrogen-bond donors (Lipinski definition) is 2. The Labute approximate surface area is 117 Å². The van der Waals surface area contributed by atoms with Crippen LogP contribution in [0.4, 0.5) is 4.39 Å². The van der Waals surface area contributed by atoms with Crippen molar-refractivity contribution in [3.8, 4) is 11.5 Å². The summed E-state index contributed by atoms with van der Waals surface area (Å²) in [5.74, 6) is -0.555. The third-order valence-corrected chi connectivity index (χ3v) is 3.06. The van der Waals surface area contributed by atoms with Crippen LogP contribution in [0.15, 0.2) is 12.1 Å². The van der Waals surface area contributed by atoms with Crippen molar-refractivity contribution in [3.05, 3.63) is 23.5 Å². The molecule has 1 unspecified atom stereocenters. The minimum Gasteiger partial charge on any atom is -0.493 e. The number of carbonyl (C=O) groups is 1. The molecule has 1 rings (SSSR count). The van der Waals surface area contributed by atoms with Gasteiger partial charge in [0.25, 0.3) is 0 Å². The average Bonchev–Trinajstić information content (AvgIpc) is 2.42. The van der Waals surface area contributed by atoms with Crippen LogP contribution in [0.2, 0.25) is 0 Å². The van der Waals surface area contributed by atoms with Gasteiger partial charge in [0.2, 0.25) is 0 Å². The Morgan fingerprint density at radius 1 is 1.30 bits per heavy atom. The monoisotopic (exact) mass is 285 g/mol. The van der Waals surface area contributed by atoms with Crippen molar-refractivity contribution in [1.82, 2.24) is 0 Å². The number of halogens is 1. The van der Waals surface area contributed by atoms with E-state index in [2.05, 4.69) is 0 Å². The zero-order valence-corrected chi connectivity index (χ0v) is 11.7. The number of carboxylic acids is 1. The van der Waals surface area contributed by atoms with Crippen molar-refractivity contribution in [3.63, 3.8) is 0 Å². The maximum atomic E-state index is 13.9. The maximum Gasteiger partial charge on any atom is 0.303 e. The minimum absolute atomic E-state index is 0.0983. The van der Waals surface area contributed by atoms with Crippen LogP contribution in [0.3, 0.4) is 0 Å². The van der Waals surface area contributed by atoms with E-state index in [1.807, 2.05) is 0 Å². The van der Waals surface area contributed by atoms with Gasteiger partial charge in [-0.15, -0.1) is 0 Å². The van der Waals surface area contributed by atoms with Crippen LogP contribution in [-0.2, 0) is 4.79 Å². The first-order valence-electron chi connectivity index (χ1n) is 6.38. The fourth-order valence-electron chi connectivity index (χ4n) is 1.95. The predicted molar refractivity (Wildman–Crippen MR) is 72.5 cm³/mol. The molecule has 20 heavy (non-hydrogen) atoms. The fraction of sp³-hybridized carbons (Fsp3) is 0.500. The molecule has 0 aliphatic heterocycles. The molecule has 1 aromatic carbocycles. The molecule has 0 aliphatic rings. The summed E-state index contributed by atoms with van der Waals surface area (Å²) in [6.07, 6.45) is 1.76. The van der Waals surface area contributed by atoms with Gasteiger partial charge in [-0.1, -0.05) is 6.42 Å². The minimum atomic E-state index is -0.837. The van der Waals surface area contributed by atoms with Crippen LogP contribution in [0.5, 0.6) is 11.5 Å². The van der Waals surface area contributed by atoms with Crippen molar-refractivity contribution in [2.75, 3.05) is 14.2 Å². The van der Waals surface area contributed by atoms with Crippen LogP contribution in [0, 0.1) is 5.82 Å². The third-order valence-electron chi connectivity index (χ3n) is 3.06. The van der Waals surface area contributed by atoms with Gasteiger partial charge in [-0.25, -0.2) is 4.39 Å². The van der Waals surface area contributed by atoms with E-state index in [1.165, 1.54) is 26.4 Å². The highest BCUT2D eigenvalue weighted by atomic mass is 19.1. The molecular formula is C14H20FNO4. The zero-order chi connectivity index (χ0) is 15.1. The number of nitrogens with two attached hydrogens (primary N) is 1. The van der Waals surface area contributed by atoms with E-state index in [-0.39, 0.29) is 6.42 Å². The van der Waals surface area contributed by atoms with Gasteiger partial charge < -0.3 is 20.3 Å². The normalized spacial score (nSPS) is 12.0. The van der Waals surface area contributed by atoms with Crippen molar-refractivity contribution in [2.45, 2.75) is 31.7 Å². The van der Waals surface area contributed by atoms with Gasteiger partial charge in [0.15, 0.2) is 11.5 Å². The number of benzene rings is 1. The number of ether oxygens (including phenoxy) is 2. The summed E-state index contributed by atoms with van der Waals surface area (Å²) < 4.78 is 24.1. The number of aliphatic carboxylic acids is 1. The molecule has 0 aromatic heterocycles. The zero-order valence-electron chi connectivity index (χ0n) is 11.7. The Morgan fingerprint density at radius 3 is 2.45 bits per heavy atom. The Hall–Kier alpha value is -1.82. The molecule has 0 heterocycles. The van der Waals surface area contributed by atoms with E-state index in [0.29, 0.717) is 36.3 Å². The van der Waals surface area contributed by atoms with Crippen LogP contribution in [0.1, 0.15) is 37.3 Å². The lowest BCUT2D eigenvalue weighted by Gasteiger charge is -2.16. The summed E-state index contributed by atoms with van der Waals surface area (Å²) in [6, 6.07) is 2.27. The molecule has 0 spiro atoms. The molecule has 0 aliphatic carbocycles. The van der Waals surface area contributed by atoms with Crippen LogP contribution >= 0.6 is 0 Å². The highest BCUT2D eigenvalue weighted by Gasteiger charge is 2.16. The first-order chi connectivity index (χ1) is 9.49. The van der Waals surface area contributed by atoms with Gasteiger partial charge in [-0.3, -0.25) is 4.79 Å². The fourth-order valence-corrected chi connectivity index (χ4v) is 1.95. The molecule has 1 aromatic rings. The molecule has 112 valence electrons. The predicted octanol–water partition coefficient (Wildman–Crippen LogP) is 2.49. The molecule has 6 heteroatoms. The average molecular weight is 285 g/mol. The van der Waals surface area contributed by atoms with Gasteiger partial charge in [0, 0.05) is 24.1 Å². The lowest BCUT2D eigenvalue weighted by molar-refractivity contribution is -0.137. The number of rotatable bonds is 8. The second-order valence-electron chi connectivity index (χ2n) is 4.47. The van der Waals surface area contributed by atoms with E-state index >= 15 is 0 Å². The number of carboxylic acid groups (broad SMARTS) is 1. The highest BCUT2D eigenvalue weighted by molar-refractivity contribution is 5.66. The summed E-state index contributed by atoms with van der Waals surface area (Å²) in [5, 5.41) is 8.54. The molecule has 1 atom stereocenters. The van der Waals surface area contributed by atoms with E-state index < -0.39 is 17.8 Å². The SMILES string of the molecule is COc1cc(F)c(C(N)CCCCC(=O)O)cc1OC. The van der Waals surface area contributed by atoms with E-state index in [0.717, 1.165) is 0 Å². The summed E-state index contributed by atoms with van der Waals surface area (Å²) in [7, 11) is 2.90. The first-order valence-corrected chi connectivity index (χ1v) is 6.38. The Balaban J connectivity index is 2.72. The number of hydrogen-bond acceptors (Lipinski definition) is 4. The van der Waals surface area contributed by atoms with Crippen molar-refractivity contribution in [1.29, 1.82) is 0 Å². The number of methoxy groups -OCH3 is 2. The maximum absolute atomic E-state index is 13.9. The van der Waals surface area contributed by atoms with Gasteiger partial charge in [-0.2, -0.15) is 0 Å². The summed E-state index contributed by atoms with van der Waals surface area (Å²) >= 11 is 0. The van der Waals surface area contributed by atoms with Gasteiger partial charge in [-0.05, 0) is 18.9 Å².